The van der Waals surface area contributed by atoms with Crippen LogP contribution in [0.2, 0.25) is 0 Å². The van der Waals surface area contributed by atoms with E-state index in [0.29, 0.717) is 16.6 Å². The molecule has 1 fully saturated rings. The van der Waals surface area contributed by atoms with Gasteiger partial charge in [-0.05, 0) is 47.5 Å². The number of benzene rings is 1. The van der Waals surface area contributed by atoms with Gasteiger partial charge in [0.25, 0.3) is 0 Å². The second kappa shape index (κ2) is 5.28. The lowest BCUT2D eigenvalue weighted by atomic mass is 10.1. The molecule has 2 unspecified atom stereocenters. The van der Waals surface area contributed by atoms with Gasteiger partial charge in [0.15, 0.2) is 0 Å². The van der Waals surface area contributed by atoms with Gasteiger partial charge in [0.1, 0.15) is 17.9 Å². The number of carbonyl (C=O) groups excluding carboxylic acids is 2. The maximum Gasteiger partial charge on any atom is 0.250 e. The van der Waals surface area contributed by atoms with E-state index in [4.69, 9.17) is 0 Å². The lowest BCUT2D eigenvalue weighted by Crippen LogP contribution is -2.62. The fraction of sp³-hybridized carbons (Fsp3) is 0.385. The van der Waals surface area contributed by atoms with Crippen molar-refractivity contribution in [3.8, 4) is 0 Å². The molecular weight excluding hydrogens is 315 g/mol. The van der Waals surface area contributed by atoms with Crippen molar-refractivity contribution in [3.63, 3.8) is 0 Å². The van der Waals surface area contributed by atoms with Crippen LogP contribution in [0.5, 0.6) is 0 Å². The number of nitrogens with one attached hydrogen (secondary N) is 1. The third-order valence-corrected chi connectivity index (χ3v) is 3.83. The van der Waals surface area contributed by atoms with Crippen LogP contribution >= 0.6 is 15.9 Å². The van der Waals surface area contributed by atoms with Crippen LogP contribution in [0.4, 0.5) is 10.1 Å². The average molecular weight is 329 g/mol. The molecule has 0 aromatic heterocycles. The molecule has 1 N–H and O–H groups in total. The molecule has 1 aliphatic heterocycles. The number of rotatable bonds is 2. The molecule has 1 heterocycles. The Bertz CT molecular complexity index is 535. The summed E-state index contributed by atoms with van der Waals surface area (Å²) in [4.78, 5) is 25.6. The number of piperazine rings is 1. The highest BCUT2D eigenvalue weighted by molar-refractivity contribution is 9.10. The van der Waals surface area contributed by atoms with Crippen molar-refractivity contribution in [1.29, 1.82) is 0 Å². The first kappa shape index (κ1) is 14.0. The lowest BCUT2D eigenvalue weighted by Gasteiger charge is -2.37. The Labute approximate surface area is 119 Å². The number of carbonyl (C=O) groups is 2. The quantitative estimate of drug-likeness (QED) is 0.904. The van der Waals surface area contributed by atoms with Crippen LogP contribution < -0.4 is 10.2 Å². The van der Waals surface area contributed by atoms with Crippen LogP contribution in [0.1, 0.15) is 20.3 Å². The Morgan fingerprint density at radius 3 is 2.68 bits per heavy atom. The number of amides is 2. The maximum atomic E-state index is 13.1. The minimum Gasteiger partial charge on any atom is -0.343 e. The number of hydrogen-bond donors (Lipinski definition) is 1. The highest BCUT2D eigenvalue weighted by atomic mass is 79.9. The summed E-state index contributed by atoms with van der Waals surface area (Å²) in [6, 6.07) is 2.91. The van der Waals surface area contributed by atoms with E-state index in [2.05, 4.69) is 21.2 Å². The predicted octanol–water partition coefficient (Wildman–Crippen LogP) is 2.22. The van der Waals surface area contributed by atoms with Crippen LogP contribution in [0.15, 0.2) is 22.7 Å². The predicted molar refractivity (Wildman–Crippen MR) is 73.3 cm³/mol. The summed E-state index contributed by atoms with van der Waals surface area (Å²) in [6.45, 7) is 3.48. The molecule has 0 bridgehead atoms. The molecule has 1 aliphatic rings. The highest BCUT2D eigenvalue weighted by Crippen LogP contribution is 2.30. The van der Waals surface area contributed by atoms with Gasteiger partial charge in [-0.3, -0.25) is 14.5 Å². The zero-order valence-corrected chi connectivity index (χ0v) is 12.2. The second-order valence-electron chi connectivity index (χ2n) is 4.45. The molecule has 0 saturated carbocycles. The van der Waals surface area contributed by atoms with Crippen molar-refractivity contribution < 1.29 is 14.0 Å². The summed E-state index contributed by atoms with van der Waals surface area (Å²) in [5, 5.41) is 2.68. The molecule has 2 rings (SSSR count). The van der Waals surface area contributed by atoms with Gasteiger partial charge >= 0.3 is 0 Å². The molecule has 102 valence electrons. The summed E-state index contributed by atoms with van der Waals surface area (Å²) in [7, 11) is 0. The van der Waals surface area contributed by atoms with Crippen LogP contribution in [0.25, 0.3) is 0 Å². The van der Waals surface area contributed by atoms with Gasteiger partial charge in [0.2, 0.25) is 11.8 Å². The number of anilines is 1. The van der Waals surface area contributed by atoms with E-state index < -0.39 is 17.9 Å². The molecule has 1 aromatic carbocycles. The normalized spacial score (nSPS) is 23.5. The fourth-order valence-corrected chi connectivity index (χ4v) is 2.65. The van der Waals surface area contributed by atoms with E-state index in [-0.39, 0.29) is 11.8 Å². The summed E-state index contributed by atoms with van der Waals surface area (Å²) in [5.74, 6) is -0.784. The minimum atomic E-state index is -0.614. The standard InChI is InChI=1S/C13H14BrFN2O2/c1-3-10-13(19)17(7(2)12(18)16-10)11-5-4-8(15)6-9(11)14/h4-7,10H,3H2,1-2H3,(H,16,18). The van der Waals surface area contributed by atoms with E-state index in [1.54, 1.807) is 6.92 Å². The van der Waals surface area contributed by atoms with Gasteiger partial charge in [-0.2, -0.15) is 0 Å². The first-order valence-electron chi connectivity index (χ1n) is 6.04. The van der Waals surface area contributed by atoms with Gasteiger partial charge in [-0.25, -0.2) is 4.39 Å². The Hall–Kier alpha value is -1.43. The topological polar surface area (TPSA) is 49.4 Å². The summed E-state index contributed by atoms with van der Waals surface area (Å²) < 4.78 is 13.6. The fourth-order valence-electron chi connectivity index (χ4n) is 2.11. The maximum absolute atomic E-state index is 13.1. The number of hydrogen-bond acceptors (Lipinski definition) is 2. The van der Waals surface area contributed by atoms with E-state index in [9.17, 15) is 14.0 Å². The van der Waals surface area contributed by atoms with E-state index in [1.165, 1.54) is 23.1 Å². The van der Waals surface area contributed by atoms with Crippen molar-refractivity contribution in [2.45, 2.75) is 32.4 Å². The van der Waals surface area contributed by atoms with E-state index in [0.717, 1.165) is 0 Å². The molecular formula is C13H14BrFN2O2. The Balaban J connectivity index is 2.45. The number of halogens is 2. The zero-order chi connectivity index (χ0) is 14.2. The Kier molecular flexibility index (Phi) is 3.89. The SMILES string of the molecule is CCC1NC(=O)C(C)N(c2ccc(F)cc2Br)C1=O. The smallest absolute Gasteiger partial charge is 0.250 e. The molecule has 1 aromatic rings. The van der Waals surface area contributed by atoms with E-state index >= 15 is 0 Å². The molecule has 0 radical (unpaired) electrons. The van der Waals surface area contributed by atoms with Crippen molar-refractivity contribution in [1.82, 2.24) is 5.32 Å². The van der Waals surface area contributed by atoms with Crippen molar-refractivity contribution in [3.05, 3.63) is 28.5 Å². The first-order valence-corrected chi connectivity index (χ1v) is 6.83. The Morgan fingerprint density at radius 1 is 1.42 bits per heavy atom. The van der Waals surface area contributed by atoms with Crippen molar-refractivity contribution in [2.75, 3.05) is 4.90 Å². The van der Waals surface area contributed by atoms with Gasteiger partial charge in [-0.15, -0.1) is 0 Å². The van der Waals surface area contributed by atoms with Crippen LogP contribution in [0, 0.1) is 5.82 Å². The third kappa shape index (κ3) is 2.49. The second-order valence-corrected chi connectivity index (χ2v) is 5.30. The lowest BCUT2D eigenvalue weighted by molar-refractivity contribution is -0.133. The van der Waals surface area contributed by atoms with Gasteiger partial charge in [0.05, 0.1) is 5.69 Å². The summed E-state index contributed by atoms with van der Waals surface area (Å²) in [5.41, 5.74) is 0.507. The highest BCUT2D eigenvalue weighted by Gasteiger charge is 2.38. The molecule has 4 nitrogen and oxygen atoms in total. The van der Waals surface area contributed by atoms with Crippen molar-refractivity contribution in [2.24, 2.45) is 0 Å². The molecule has 1 saturated heterocycles. The molecule has 19 heavy (non-hydrogen) atoms. The minimum absolute atomic E-state index is 0.179. The monoisotopic (exact) mass is 328 g/mol. The molecule has 0 aliphatic carbocycles. The third-order valence-electron chi connectivity index (χ3n) is 3.20. The van der Waals surface area contributed by atoms with Crippen LogP contribution in [0.3, 0.4) is 0 Å². The largest absolute Gasteiger partial charge is 0.343 e. The molecule has 2 atom stereocenters. The summed E-state index contributed by atoms with van der Waals surface area (Å²) >= 11 is 3.23. The average Bonchev–Trinajstić information content (AvgIpc) is 2.36. The van der Waals surface area contributed by atoms with Gasteiger partial charge in [-0.1, -0.05) is 6.92 Å². The van der Waals surface area contributed by atoms with Crippen LogP contribution in [-0.4, -0.2) is 23.9 Å². The van der Waals surface area contributed by atoms with E-state index in [1.807, 2.05) is 6.92 Å². The summed E-state index contributed by atoms with van der Waals surface area (Å²) in [6.07, 6.45) is 0.520. The first-order chi connectivity index (χ1) is 8.95. The van der Waals surface area contributed by atoms with Gasteiger partial charge in [0, 0.05) is 4.47 Å². The molecule has 6 heteroatoms. The molecule has 2 amide bonds. The molecule has 0 spiro atoms. The zero-order valence-electron chi connectivity index (χ0n) is 10.6. The van der Waals surface area contributed by atoms with Gasteiger partial charge < -0.3 is 5.32 Å². The van der Waals surface area contributed by atoms with Crippen molar-refractivity contribution >= 4 is 33.4 Å². The number of nitrogens with zero attached hydrogens (tertiary/aromatic N) is 1. The Morgan fingerprint density at radius 2 is 2.11 bits per heavy atom. The van der Waals surface area contributed by atoms with Crippen LogP contribution in [-0.2, 0) is 9.59 Å².